The van der Waals surface area contributed by atoms with E-state index in [-0.39, 0.29) is 11.9 Å². The van der Waals surface area contributed by atoms with Crippen LogP contribution >= 0.6 is 0 Å². The predicted molar refractivity (Wildman–Crippen MR) is 86.3 cm³/mol. The van der Waals surface area contributed by atoms with Gasteiger partial charge >= 0.3 is 6.03 Å². The van der Waals surface area contributed by atoms with Gasteiger partial charge in [-0.1, -0.05) is 38.1 Å². The Morgan fingerprint density at radius 3 is 2.27 bits per heavy atom. The number of nitrogens with two attached hydrogens (primary N) is 1. The maximum atomic E-state index is 12.0. The van der Waals surface area contributed by atoms with Gasteiger partial charge in [-0.3, -0.25) is 15.0 Å². The monoisotopic (exact) mass is 303 g/mol. The normalized spacial score (nSPS) is 15.9. The molecule has 0 radical (unpaired) electrons. The number of rotatable bonds is 6. The van der Waals surface area contributed by atoms with Crippen LogP contribution in [-0.4, -0.2) is 28.9 Å². The van der Waals surface area contributed by atoms with Crippen molar-refractivity contribution in [2.45, 2.75) is 58.2 Å². The zero-order valence-electron chi connectivity index (χ0n) is 13.5. The third kappa shape index (κ3) is 4.31. The molecule has 0 heterocycles. The van der Waals surface area contributed by atoms with Crippen LogP contribution in [0.1, 0.15) is 50.7 Å². The number of imide groups is 1. The molecule has 3 amide bonds. The molecule has 5 nitrogen and oxygen atoms in total. The highest BCUT2D eigenvalue weighted by atomic mass is 16.2. The lowest BCUT2D eigenvalue weighted by molar-refractivity contribution is -0.125. The fourth-order valence-electron chi connectivity index (χ4n) is 2.58. The molecule has 1 aromatic rings. The highest BCUT2D eigenvalue weighted by Gasteiger charge is 2.35. The van der Waals surface area contributed by atoms with E-state index in [1.165, 1.54) is 11.1 Å². The summed E-state index contributed by atoms with van der Waals surface area (Å²) in [5.74, 6) is 0.173. The molecule has 1 aromatic carbocycles. The van der Waals surface area contributed by atoms with Gasteiger partial charge < -0.3 is 5.73 Å². The average molecular weight is 303 g/mol. The Balaban J connectivity index is 2.05. The number of carbonyl (C=O) groups excluding carboxylic acids is 2. The minimum Gasteiger partial charge on any atom is -0.351 e. The smallest absolute Gasteiger partial charge is 0.318 e. The highest BCUT2D eigenvalue weighted by molar-refractivity contribution is 5.96. The fraction of sp³-hybridized carbons (Fsp3) is 0.529. The van der Waals surface area contributed by atoms with E-state index in [0.717, 1.165) is 12.8 Å². The Hall–Kier alpha value is -1.88. The van der Waals surface area contributed by atoms with Crippen molar-refractivity contribution >= 4 is 11.9 Å². The second-order valence-corrected chi connectivity index (χ2v) is 6.33. The van der Waals surface area contributed by atoms with E-state index in [1.807, 2.05) is 6.92 Å². The van der Waals surface area contributed by atoms with E-state index in [1.54, 1.807) is 0 Å². The molecule has 0 unspecified atom stereocenters. The fourth-order valence-corrected chi connectivity index (χ4v) is 2.58. The van der Waals surface area contributed by atoms with Crippen molar-refractivity contribution in [3.05, 3.63) is 35.4 Å². The summed E-state index contributed by atoms with van der Waals surface area (Å²) in [6, 6.07) is 7.75. The number of carbonyl (C=O) groups is 2. The standard InChI is InChI=1S/C17H25N3O2/c1-11(2)14-6-4-13(5-7-14)10-20(15-8-9-15)12(3)16(21)19-17(18)22/h4-7,11-12,15H,8-10H2,1-3H3,(H3,18,19,21,22)/t12-/m0/s1. The van der Waals surface area contributed by atoms with Gasteiger partial charge in [0.15, 0.2) is 0 Å². The van der Waals surface area contributed by atoms with E-state index in [4.69, 9.17) is 5.73 Å². The van der Waals surface area contributed by atoms with E-state index in [9.17, 15) is 9.59 Å². The molecule has 2 rings (SSSR count). The van der Waals surface area contributed by atoms with Gasteiger partial charge in [-0.15, -0.1) is 0 Å². The van der Waals surface area contributed by atoms with Gasteiger partial charge in [0.1, 0.15) is 0 Å². The van der Waals surface area contributed by atoms with Crippen molar-refractivity contribution in [3.63, 3.8) is 0 Å². The SMILES string of the molecule is CC(C)c1ccc(CN(C2CC2)[C@@H](C)C(=O)NC(N)=O)cc1. The number of nitrogens with zero attached hydrogens (tertiary/aromatic N) is 1. The third-order valence-corrected chi connectivity index (χ3v) is 4.15. The molecule has 1 aliphatic rings. The molecule has 0 bridgehead atoms. The predicted octanol–water partition coefficient (Wildman–Crippen LogP) is 2.36. The van der Waals surface area contributed by atoms with Crippen molar-refractivity contribution in [1.29, 1.82) is 0 Å². The molecular formula is C17H25N3O2. The maximum absolute atomic E-state index is 12.0. The van der Waals surface area contributed by atoms with Crippen LogP contribution in [0.2, 0.25) is 0 Å². The first-order valence-electron chi connectivity index (χ1n) is 7.83. The summed E-state index contributed by atoms with van der Waals surface area (Å²) in [6.45, 7) is 6.86. The summed E-state index contributed by atoms with van der Waals surface area (Å²) < 4.78 is 0. The van der Waals surface area contributed by atoms with Gasteiger partial charge in [-0.25, -0.2) is 4.79 Å². The van der Waals surface area contributed by atoms with Crippen molar-refractivity contribution in [2.24, 2.45) is 5.73 Å². The number of nitrogens with one attached hydrogen (secondary N) is 1. The highest BCUT2D eigenvalue weighted by Crippen LogP contribution is 2.30. The Bertz CT molecular complexity index is 535. The largest absolute Gasteiger partial charge is 0.351 e. The first kappa shape index (κ1) is 16.5. The van der Waals surface area contributed by atoms with Gasteiger partial charge in [0, 0.05) is 12.6 Å². The van der Waals surface area contributed by atoms with Crippen LogP contribution in [0.4, 0.5) is 4.79 Å². The molecule has 0 aromatic heterocycles. The van der Waals surface area contributed by atoms with E-state index in [2.05, 4.69) is 48.3 Å². The van der Waals surface area contributed by atoms with E-state index < -0.39 is 6.03 Å². The van der Waals surface area contributed by atoms with Crippen LogP contribution in [0.3, 0.4) is 0 Å². The topological polar surface area (TPSA) is 75.4 Å². The first-order valence-corrected chi connectivity index (χ1v) is 7.83. The third-order valence-electron chi connectivity index (χ3n) is 4.15. The van der Waals surface area contributed by atoms with Crippen molar-refractivity contribution in [2.75, 3.05) is 0 Å². The van der Waals surface area contributed by atoms with Gasteiger partial charge in [-0.05, 0) is 36.8 Å². The molecule has 5 heteroatoms. The molecule has 1 saturated carbocycles. The Morgan fingerprint density at radius 2 is 1.82 bits per heavy atom. The molecule has 0 spiro atoms. The van der Waals surface area contributed by atoms with E-state index >= 15 is 0 Å². The molecule has 0 saturated heterocycles. The van der Waals surface area contributed by atoms with Crippen molar-refractivity contribution < 1.29 is 9.59 Å². The average Bonchev–Trinajstić information content (AvgIpc) is 3.28. The molecule has 1 fully saturated rings. The molecule has 120 valence electrons. The molecule has 0 aliphatic heterocycles. The Kier molecular flexibility index (Phi) is 5.19. The summed E-state index contributed by atoms with van der Waals surface area (Å²) >= 11 is 0. The lowest BCUT2D eigenvalue weighted by atomic mass is 10.0. The number of urea groups is 1. The lowest BCUT2D eigenvalue weighted by Gasteiger charge is -2.28. The van der Waals surface area contributed by atoms with Crippen LogP contribution in [0, 0.1) is 0 Å². The molecular weight excluding hydrogens is 278 g/mol. The van der Waals surface area contributed by atoms with Crippen LogP contribution in [0.15, 0.2) is 24.3 Å². The number of benzene rings is 1. The van der Waals surface area contributed by atoms with Crippen LogP contribution in [0.5, 0.6) is 0 Å². The van der Waals surface area contributed by atoms with Crippen molar-refractivity contribution in [1.82, 2.24) is 10.2 Å². The van der Waals surface area contributed by atoms with Crippen LogP contribution in [-0.2, 0) is 11.3 Å². The molecule has 3 N–H and O–H groups in total. The second kappa shape index (κ2) is 6.92. The Labute approximate surface area is 131 Å². The number of hydrogen-bond acceptors (Lipinski definition) is 3. The molecule has 22 heavy (non-hydrogen) atoms. The second-order valence-electron chi connectivity index (χ2n) is 6.33. The van der Waals surface area contributed by atoms with Crippen LogP contribution in [0.25, 0.3) is 0 Å². The molecule has 1 atom stereocenters. The number of primary amides is 1. The number of hydrogen-bond donors (Lipinski definition) is 2. The van der Waals surface area contributed by atoms with E-state index in [0.29, 0.717) is 18.5 Å². The van der Waals surface area contributed by atoms with Gasteiger partial charge in [0.2, 0.25) is 5.91 Å². The quantitative estimate of drug-likeness (QED) is 0.847. The Morgan fingerprint density at radius 1 is 1.23 bits per heavy atom. The van der Waals surface area contributed by atoms with Crippen molar-refractivity contribution in [3.8, 4) is 0 Å². The number of amides is 3. The van der Waals surface area contributed by atoms with Gasteiger partial charge in [0.25, 0.3) is 0 Å². The molecule has 1 aliphatic carbocycles. The minimum atomic E-state index is -0.797. The maximum Gasteiger partial charge on any atom is 0.318 e. The summed E-state index contributed by atoms with van der Waals surface area (Å²) in [5.41, 5.74) is 7.51. The summed E-state index contributed by atoms with van der Waals surface area (Å²) in [4.78, 5) is 25.0. The zero-order valence-corrected chi connectivity index (χ0v) is 13.5. The minimum absolute atomic E-state index is 0.335. The van der Waals surface area contributed by atoms with Gasteiger partial charge in [-0.2, -0.15) is 0 Å². The van der Waals surface area contributed by atoms with Crippen LogP contribution < -0.4 is 11.1 Å². The summed E-state index contributed by atoms with van der Waals surface area (Å²) in [5, 5.41) is 2.17. The lowest BCUT2D eigenvalue weighted by Crippen LogP contribution is -2.48. The zero-order chi connectivity index (χ0) is 16.3. The summed E-state index contributed by atoms with van der Waals surface area (Å²) in [7, 11) is 0. The first-order chi connectivity index (χ1) is 10.4. The summed E-state index contributed by atoms with van der Waals surface area (Å²) in [6.07, 6.45) is 2.19. The van der Waals surface area contributed by atoms with Gasteiger partial charge in [0.05, 0.1) is 6.04 Å².